The van der Waals surface area contributed by atoms with E-state index in [0.717, 1.165) is 12.1 Å². The Labute approximate surface area is 109 Å². The molecule has 2 amide bonds. The molecule has 0 aliphatic carbocycles. The smallest absolute Gasteiger partial charge is 0.271 e. The number of amides is 2. The first-order valence-corrected chi connectivity index (χ1v) is 5.36. The van der Waals surface area contributed by atoms with Crippen molar-refractivity contribution in [2.75, 3.05) is 7.05 Å². The lowest BCUT2D eigenvalue weighted by molar-refractivity contribution is -0.384. The van der Waals surface area contributed by atoms with Crippen LogP contribution in [0.5, 0.6) is 0 Å². The lowest BCUT2D eigenvalue weighted by Crippen LogP contribution is -2.23. The number of carbonyl (C=O) groups is 2. The molecule has 0 saturated heterocycles. The van der Waals surface area contributed by atoms with Crippen molar-refractivity contribution in [2.45, 2.75) is 6.42 Å². The van der Waals surface area contributed by atoms with Crippen molar-refractivity contribution in [1.29, 1.82) is 0 Å². The van der Waals surface area contributed by atoms with Crippen molar-refractivity contribution in [3.63, 3.8) is 0 Å². The molecule has 0 aliphatic rings. The standard InChI is InChI=1S/C12H13N3O4/c1-3-4-8-9(11(13)16)5-7(15(18)19)6-10(8)12(17)14-2/h3,5-6H,1,4H2,2H3,(H2,13,16)(H,14,17). The molecule has 0 unspecified atom stereocenters. The van der Waals surface area contributed by atoms with Crippen molar-refractivity contribution in [1.82, 2.24) is 5.32 Å². The van der Waals surface area contributed by atoms with Crippen LogP contribution in [0.3, 0.4) is 0 Å². The Morgan fingerprint density at radius 3 is 2.47 bits per heavy atom. The third kappa shape index (κ3) is 2.95. The van der Waals surface area contributed by atoms with E-state index in [2.05, 4.69) is 11.9 Å². The molecule has 7 heteroatoms. The maximum atomic E-state index is 11.7. The molecule has 0 aromatic heterocycles. The summed E-state index contributed by atoms with van der Waals surface area (Å²) in [5, 5.41) is 13.2. The summed E-state index contributed by atoms with van der Waals surface area (Å²) in [5.41, 5.74) is 5.16. The Hall–Kier alpha value is -2.70. The van der Waals surface area contributed by atoms with E-state index in [1.165, 1.54) is 13.1 Å². The summed E-state index contributed by atoms with van der Waals surface area (Å²) in [7, 11) is 1.39. The highest BCUT2D eigenvalue weighted by molar-refractivity contribution is 6.02. The average Bonchev–Trinajstić information content (AvgIpc) is 2.37. The van der Waals surface area contributed by atoms with Gasteiger partial charge in [-0.1, -0.05) is 6.08 Å². The second kappa shape index (κ2) is 5.76. The summed E-state index contributed by atoms with van der Waals surface area (Å²) >= 11 is 0. The van der Waals surface area contributed by atoms with Gasteiger partial charge in [-0.05, 0) is 12.0 Å². The molecule has 0 saturated carbocycles. The molecule has 0 heterocycles. The summed E-state index contributed by atoms with van der Waals surface area (Å²) < 4.78 is 0. The molecule has 0 radical (unpaired) electrons. The van der Waals surface area contributed by atoms with E-state index in [9.17, 15) is 19.7 Å². The predicted molar refractivity (Wildman–Crippen MR) is 68.9 cm³/mol. The van der Waals surface area contributed by atoms with Crippen LogP contribution in [-0.4, -0.2) is 23.8 Å². The van der Waals surface area contributed by atoms with Crippen LogP contribution in [0.4, 0.5) is 5.69 Å². The molecule has 0 bridgehead atoms. The van der Waals surface area contributed by atoms with Gasteiger partial charge in [-0.25, -0.2) is 0 Å². The minimum Gasteiger partial charge on any atom is -0.366 e. The van der Waals surface area contributed by atoms with E-state index in [1.54, 1.807) is 0 Å². The minimum atomic E-state index is -0.828. The number of non-ortho nitro benzene ring substituents is 1. The molecule has 1 aromatic carbocycles. The first-order chi connectivity index (χ1) is 8.92. The Morgan fingerprint density at radius 1 is 1.47 bits per heavy atom. The number of nitrogens with zero attached hydrogens (tertiary/aromatic N) is 1. The second-order valence-corrected chi connectivity index (χ2v) is 3.71. The van der Waals surface area contributed by atoms with Crippen molar-refractivity contribution in [2.24, 2.45) is 5.73 Å². The number of nitro benzene ring substituents is 1. The van der Waals surface area contributed by atoms with Gasteiger partial charge in [-0.3, -0.25) is 19.7 Å². The van der Waals surface area contributed by atoms with Crippen molar-refractivity contribution < 1.29 is 14.5 Å². The normalized spacial score (nSPS) is 9.74. The van der Waals surface area contributed by atoms with Gasteiger partial charge in [0, 0.05) is 19.2 Å². The molecule has 0 atom stereocenters. The number of benzene rings is 1. The molecule has 0 spiro atoms. The fourth-order valence-corrected chi connectivity index (χ4v) is 1.68. The molecule has 1 aromatic rings. The first-order valence-electron chi connectivity index (χ1n) is 5.36. The molecule has 100 valence electrons. The molecule has 3 N–H and O–H groups in total. The lowest BCUT2D eigenvalue weighted by atomic mass is 9.96. The van der Waals surface area contributed by atoms with Gasteiger partial charge in [0.05, 0.1) is 16.1 Å². The summed E-state index contributed by atoms with van der Waals surface area (Å²) in [4.78, 5) is 33.2. The molecular weight excluding hydrogens is 250 g/mol. The topological polar surface area (TPSA) is 115 Å². The molecule has 1 rings (SSSR count). The van der Waals surface area contributed by atoms with Crippen LogP contribution in [0.25, 0.3) is 0 Å². The third-order valence-corrected chi connectivity index (χ3v) is 2.53. The van der Waals surface area contributed by atoms with Gasteiger partial charge in [-0.15, -0.1) is 6.58 Å². The Balaban J connectivity index is 3.64. The van der Waals surface area contributed by atoms with E-state index < -0.39 is 16.7 Å². The van der Waals surface area contributed by atoms with E-state index >= 15 is 0 Å². The fourth-order valence-electron chi connectivity index (χ4n) is 1.68. The molecule has 7 nitrogen and oxygen atoms in total. The first kappa shape index (κ1) is 14.4. The molecule has 0 fully saturated rings. The number of nitro groups is 1. The summed E-state index contributed by atoms with van der Waals surface area (Å²) in [6.45, 7) is 3.52. The van der Waals surface area contributed by atoms with Crippen LogP contribution in [0.15, 0.2) is 24.8 Å². The van der Waals surface area contributed by atoms with E-state index in [0.29, 0.717) is 5.56 Å². The number of carbonyl (C=O) groups excluding carboxylic acids is 2. The monoisotopic (exact) mass is 263 g/mol. The fraction of sp³-hybridized carbons (Fsp3) is 0.167. The highest BCUT2D eigenvalue weighted by Gasteiger charge is 2.22. The number of rotatable bonds is 5. The van der Waals surface area contributed by atoms with Gasteiger partial charge in [0.1, 0.15) is 0 Å². The number of allylic oxidation sites excluding steroid dienone is 1. The summed E-state index contributed by atoms with van der Waals surface area (Å²) in [6.07, 6.45) is 1.69. The SMILES string of the molecule is C=CCc1c(C(N)=O)cc([N+](=O)[O-])cc1C(=O)NC. The van der Waals surface area contributed by atoms with Crippen LogP contribution in [0, 0.1) is 10.1 Å². The lowest BCUT2D eigenvalue weighted by Gasteiger charge is -2.10. The molecule has 0 aliphatic heterocycles. The zero-order valence-corrected chi connectivity index (χ0v) is 10.3. The second-order valence-electron chi connectivity index (χ2n) is 3.71. The zero-order valence-electron chi connectivity index (χ0n) is 10.3. The maximum absolute atomic E-state index is 11.7. The van der Waals surface area contributed by atoms with Crippen molar-refractivity contribution >= 4 is 17.5 Å². The van der Waals surface area contributed by atoms with Gasteiger partial charge in [-0.2, -0.15) is 0 Å². The number of primary amides is 1. The van der Waals surface area contributed by atoms with Gasteiger partial charge < -0.3 is 11.1 Å². The van der Waals surface area contributed by atoms with Crippen LogP contribution in [-0.2, 0) is 6.42 Å². The predicted octanol–water partition coefficient (Wildman–Crippen LogP) is 0.782. The zero-order chi connectivity index (χ0) is 14.6. The van der Waals surface area contributed by atoms with Crippen molar-refractivity contribution in [3.05, 3.63) is 51.6 Å². The van der Waals surface area contributed by atoms with E-state index in [4.69, 9.17) is 5.73 Å². The van der Waals surface area contributed by atoms with Crippen LogP contribution in [0.2, 0.25) is 0 Å². The van der Waals surface area contributed by atoms with E-state index in [1.807, 2.05) is 0 Å². The van der Waals surface area contributed by atoms with Gasteiger partial charge in [0.25, 0.3) is 11.6 Å². The number of hydrogen-bond acceptors (Lipinski definition) is 4. The number of hydrogen-bond donors (Lipinski definition) is 2. The van der Waals surface area contributed by atoms with Gasteiger partial charge >= 0.3 is 0 Å². The number of nitrogens with one attached hydrogen (secondary N) is 1. The Morgan fingerprint density at radius 2 is 2.05 bits per heavy atom. The number of nitrogens with two attached hydrogens (primary N) is 1. The van der Waals surface area contributed by atoms with Crippen LogP contribution >= 0.6 is 0 Å². The summed E-state index contributed by atoms with van der Waals surface area (Å²) in [6, 6.07) is 2.18. The quantitative estimate of drug-likeness (QED) is 0.464. The highest BCUT2D eigenvalue weighted by Crippen LogP contribution is 2.23. The highest BCUT2D eigenvalue weighted by atomic mass is 16.6. The van der Waals surface area contributed by atoms with Crippen LogP contribution in [0.1, 0.15) is 26.3 Å². The maximum Gasteiger partial charge on any atom is 0.271 e. The minimum absolute atomic E-state index is 0.0467. The van der Waals surface area contributed by atoms with Crippen LogP contribution < -0.4 is 11.1 Å². The third-order valence-electron chi connectivity index (χ3n) is 2.53. The van der Waals surface area contributed by atoms with Gasteiger partial charge in [0.2, 0.25) is 5.91 Å². The largest absolute Gasteiger partial charge is 0.366 e. The Bertz CT molecular complexity index is 566. The average molecular weight is 263 g/mol. The Kier molecular flexibility index (Phi) is 4.36. The van der Waals surface area contributed by atoms with Gasteiger partial charge in [0.15, 0.2) is 0 Å². The molecule has 19 heavy (non-hydrogen) atoms. The van der Waals surface area contributed by atoms with Crippen molar-refractivity contribution in [3.8, 4) is 0 Å². The van der Waals surface area contributed by atoms with E-state index in [-0.39, 0.29) is 23.2 Å². The molecular formula is C12H13N3O4. The summed E-state index contributed by atoms with van der Waals surface area (Å²) in [5.74, 6) is -1.35.